The number of nitrogens with two attached hydrogens (primary N) is 1. The van der Waals surface area contributed by atoms with Crippen molar-refractivity contribution in [2.45, 2.75) is 46.1 Å². The smallest absolute Gasteiger partial charge is 0.152 e. The van der Waals surface area contributed by atoms with Crippen molar-refractivity contribution in [3.63, 3.8) is 0 Å². The highest BCUT2D eigenvalue weighted by molar-refractivity contribution is 5.87. The zero-order chi connectivity index (χ0) is 9.07. The fourth-order valence-corrected chi connectivity index (χ4v) is 0.724. The predicted octanol–water partition coefficient (Wildman–Crippen LogP) is 1.73. The molecule has 2 nitrogen and oxygen atoms in total. The first-order chi connectivity index (χ1) is 4.88. The normalized spacial score (nSPS) is 14.6. The minimum atomic E-state index is -0.649. The van der Waals surface area contributed by atoms with Crippen LogP contribution in [0.2, 0.25) is 0 Å². The third-order valence-corrected chi connectivity index (χ3v) is 1.95. The highest BCUT2D eigenvalue weighted by atomic mass is 16.1. The Balaban J connectivity index is 3.88. The first-order valence-corrected chi connectivity index (χ1v) is 4.20. The summed E-state index contributed by atoms with van der Waals surface area (Å²) in [4.78, 5) is 11.3. The van der Waals surface area contributed by atoms with Gasteiger partial charge in [-0.3, -0.25) is 4.79 Å². The number of ketones is 1. The molecule has 66 valence electrons. The van der Waals surface area contributed by atoms with Crippen molar-refractivity contribution in [1.82, 2.24) is 0 Å². The van der Waals surface area contributed by atoms with Crippen LogP contribution in [-0.2, 0) is 4.79 Å². The molecule has 0 rings (SSSR count). The molecule has 0 aromatic rings. The molecule has 0 heterocycles. The van der Waals surface area contributed by atoms with Crippen LogP contribution < -0.4 is 5.73 Å². The van der Waals surface area contributed by atoms with E-state index in [0.717, 1.165) is 6.42 Å². The monoisotopic (exact) mass is 157 g/mol. The van der Waals surface area contributed by atoms with Crippen LogP contribution in [0.15, 0.2) is 0 Å². The maximum absolute atomic E-state index is 11.3. The minimum Gasteiger partial charge on any atom is -0.319 e. The zero-order valence-corrected chi connectivity index (χ0v) is 7.98. The van der Waals surface area contributed by atoms with Crippen molar-refractivity contribution < 1.29 is 4.79 Å². The van der Waals surface area contributed by atoms with Gasteiger partial charge in [0.1, 0.15) is 0 Å². The molecule has 0 spiro atoms. The van der Waals surface area contributed by atoms with Gasteiger partial charge in [-0.05, 0) is 19.8 Å². The van der Waals surface area contributed by atoms with Crippen LogP contribution in [0, 0.1) is 5.92 Å². The quantitative estimate of drug-likeness (QED) is 0.675. The third kappa shape index (κ3) is 4.14. The molecule has 0 aliphatic heterocycles. The molecule has 2 heteroatoms. The summed E-state index contributed by atoms with van der Waals surface area (Å²) in [6, 6.07) is 0. The van der Waals surface area contributed by atoms with Crippen molar-refractivity contribution in [3.05, 3.63) is 0 Å². The standard InChI is InChI=1S/C9H19NO/c1-5-7(2)6-8(11)9(3,4)10/h7H,5-6,10H2,1-4H3. The van der Waals surface area contributed by atoms with Crippen LogP contribution in [0.5, 0.6) is 0 Å². The number of carbonyl (C=O) groups excluding carboxylic acids is 1. The second-order valence-corrected chi connectivity index (χ2v) is 3.86. The molecule has 11 heavy (non-hydrogen) atoms. The van der Waals surface area contributed by atoms with Gasteiger partial charge in [0.25, 0.3) is 0 Å². The predicted molar refractivity (Wildman–Crippen MR) is 47.3 cm³/mol. The van der Waals surface area contributed by atoms with E-state index in [1.54, 1.807) is 13.8 Å². The van der Waals surface area contributed by atoms with E-state index in [4.69, 9.17) is 5.73 Å². The van der Waals surface area contributed by atoms with Crippen LogP contribution in [0.25, 0.3) is 0 Å². The van der Waals surface area contributed by atoms with Crippen molar-refractivity contribution >= 4 is 5.78 Å². The lowest BCUT2D eigenvalue weighted by Gasteiger charge is -2.18. The van der Waals surface area contributed by atoms with Gasteiger partial charge in [-0.15, -0.1) is 0 Å². The third-order valence-electron chi connectivity index (χ3n) is 1.95. The van der Waals surface area contributed by atoms with Gasteiger partial charge < -0.3 is 5.73 Å². The molecule has 0 saturated carbocycles. The molecule has 0 aromatic heterocycles. The number of carbonyl (C=O) groups is 1. The zero-order valence-electron chi connectivity index (χ0n) is 7.98. The summed E-state index contributed by atoms with van der Waals surface area (Å²) < 4.78 is 0. The Labute approximate surface area is 69.2 Å². The average Bonchev–Trinajstić information content (AvgIpc) is 1.85. The van der Waals surface area contributed by atoms with E-state index in [2.05, 4.69) is 13.8 Å². The molecule has 0 fully saturated rings. The van der Waals surface area contributed by atoms with Gasteiger partial charge in [0.2, 0.25) is 0 Å². The molecular weight excluding hydrogens is 138 g/mol. The Bertz CT molecular complexity index is 135. The van der Waals surface area contributed by atoms with Crippen LogP contribution in [-0.4, -0.2) is 11.3 Å². The lowest BCUT2D eigenvalue weighted by Crippen LogP contribution is -2.42. The second kappa shape index (κ2) is 3.86. The van der Waals surface area contributed by atoms with Gasteiger partial charge in [-0.2, -0.15) is 0 Å². The molecule has 0 aliphatic carbocycles. The Morgan fingerprint density at radius 1 is 1.55 bits per heavy atom. The Morgan fingerprint density at radius 2 is 2.00 bits per heavy atom. The molecular formula is C9H19NO. The van der Waals surface area contributed by atoms with E-state index in [1.165, 1.54) is 0 Å². The van der Waals surface area contributed by atoms with Crippen molar-refractivity contribution in [3.8, 4) is 0 Å². The highest BCUT2D eigenvalue weighted by Gasteiger charge is 2.22. The fraction of sp³-hybridized carbons (Fsp3) is 0.889. The van der Waals surface area contributed by atoms with Gasteiger partial charge in [0.05, 0.1) is 5.54 Å². The van der Waals surface area contributed by atoms with Crippen LogP contribution in [0.4, 0.5) is 0 Å². The average molecular weight is 157 g/mol. The Hall–Kier alpha value is -0.370. The van der Waals surface area contributed by atoms with Crippen LogP contribution in [0.3, 0.4) is 0 Å². The minimum absolute atomic E-state index is 0.159. The first-order valence-electron chi connectivity index (χ1n) is 4.20. The molecule has 2 N–H and O–H groups in total. The van der Waals surface area contributed by atoms with Crippen molar-refractivity contribution in [2.24, 2.45) is 11.7 Å². The molecule has 0 saturated heterocycles. The number of hydrogen-bond acceptors (Lipinski definition) is 2. The summed E-state index contributed by atoms with van der Waals surface area (Å²) in [5.41, 5.74) is 4.98. The number of rotatable bonds is 4. The summed E-state index contributed by atoms with van der Waals surface area (Å²) in [6.07, 6.45) is 1.65. The van der Waals surface area contributed by atoms with Crippen molar-refractivity contribution in [1.29, 1.82) is 0 Å². The summed E-state index contributed by atoms with van der Waals surface area (Å²) >= 11 is 0. The van der Waals surface area contributed by atoms with Gasteiger partial charge in [0.15, 0.2) is 5.78 Å². The largest absolute Gasteiger partial charge is 0.319 e. The number of Topliss-reactive ketones (excluding diaryl/α,β-unsaturated/α-hetero) is 1. The van der Waals surface area contributed by atoms with Crippen LogP contribution >= 0.6 is 0 Å². The molecule has 0 aromatic carbocycles. The summed E-state index contributed by atoms with van der Waals surface area (Å²) in [5, 5.41) is 0. The maximum Gasteiger partial charge on any atom is 0.152 e. The fourth-order valence-electron chi connectivity index (χ4n) is 0.724. The summed E-state index contributed by atoms with van der Waals surface area (Å²) in [5.74, 6) is 0.622. The Morgan fingerprint density at radius 3 is 2.27 bits per heavy atom. The second-order valence-electron chi connectivity index (χ2n) is 3.86. The van der Waals surface area contributed by atoms with Gasteiger partial charge >= 0.3 is 0 Å². The van der Waals surface area contributed by atoms with Gasteiger partial charge in [-0.1, -0.05) is 20.3 Å². The van der Waals surface area contributed by atoms with E-state index in [-0.39, 0.29) is 5.78 Å². The first kappa shape index (κ1) is 10.6. The van der Waals surface area contributed by atoms with Crippen molar-refractivity contribution in [2.75, 3.05) is 0 Å². The lowest BCUT2D eigenvalue weighted by atomic mass is 9.91. The van der Waals surface area contributed by atoms with E-state index < -0.39 is 5.54 Å². The Kier molecular flexibility index (Phi) is 3.73. The molecule has 1 atom stereocenters. The highest BCUT2D eigenvalue weighted by Crippen LogP contribution is 2.12. The summed E-state index contributed by atoms with van der Waals surface area (Å²) in [7, 11) is 0. The molecule has 0 amide bonds. The number of hydrogen-bond donors (Lipinski definition) is 1. The van der Waals surface area contributed by atoms with Crippen LogP contribution in [0.1, 0.15) is 40.5 Å². The van der Waals surface area contributed by atoms with Gasteiger partial charge in [0, 0.05) is 6.42 Å². The lowest BCUT2D eigenvalue weighted by molar-refractivity contribution is -0.123. The molecule has 0 aliphatic rings. The molecule has 0 bridgehead atoms. The maximum atomic E-state index is 11.3. The van der Waals surface area contributed by atoms with E-state index >= 15 is 0 Å². The van der Waals surface area contributed by atoms with E-state index in [9.17, 15) is 4.79 Å². The van der Waals surface area contributed by atoms with E-state index in [0.29, 0.717) is 12.3 Å². The SMILES string of the molecule is CCC(C)CC(=O)C(C)(C)N. The molecule has 1 unspecified atom stereocenters. The molecule has 0 radical (unpaired) electrons. The topological polar surface area (TPSA) is 43.1 Å². The van der Waals surface area contributed by atoms with E-state index in [1.807, 2.05) is 0 Å². The summed E-state index contributed by atoms with van der Waals surface area (Å²) in [6.45, 7) is 7.68. The van der Waals surface area contributed by atoms with Gasteiger partial charge in [-0.25, -0.2) is 0 Å².